The monoisotopic (exact) mass is 321 g/mol. The summed E-state index contributed by atoms with van der Waals surface area (Å²) in [5, 5.41) is 5.82. The van der Waals surface area contributed by atoms with E-state index in [1.807, 2.05) is 30.3 Å². The van der Waals surface area contributed by atoms with E-state index in [9.17, 15) is 0 Å². The van der Waals surface area contributed by atoms with E-state index >= 15 is 0 Å². The maximum Gasteiger partial charge on any atom is 0.127 e. The van der Waals surface area contributed by atoms with Crippen LogP contribution in [0.15, 0.2) is 60.0 Å². The molecular weight excluding hydrogens is 302 g/mol. The topological polar surface area (TPSA) is 21.3 Å². The molecule has 0 fully saturated rings. The lowest BCUT2D eigenvalue weighted by Crippen LogP contribution is -2.19. The van der Waals surface area contributed by atoms with Gasteiger partial charge in [0.05, 0.1) is 0 Å². The van der Waals surface area contributed by atoms with Gasteiger partial charge in [0.1, 0.15) is 11.5 Å². The molecule has 0 spiro atoms. The number of hydrogen-bond donors (Lipinski definition) is 1. The normalized spacial score (nSPS) is 16.1. The van der Waals surface area contributed by atoms with Gasteiger partial charge < -0.3 is 10.1 Å². The van der Waals surface area contributed by atoms with E-state index in [2.05, 4.69) is 41.9 Å². The number of thiophene rings is 1. The number of benzene rings is 2. The third-order valence-corrected chi connectivity index (χ3v) is 5.15. The van der Waals surface area contributed by atoms with Crippen LogP contribution in [0.2, 0.25) is 0 Å². The van der Waals surface area contributed by atoms with Crippen LogP contribution < -0.4 is 10.1 Å². The van der Waals surface area contributed by atoms with Crippen LogP contribution in [0.3, 0.4) is 0 Å². The van der Waals surface area contributed by atoms with Gasteiger partial charge in [-0.1, -0.05) is 24.3 Å². The summed E-state index contributed by atoms with van der Waals surface area (Å²) in [5.41, 5.74) is 4.09. The van der Waals surface area contributed by atoms with Crippen molar-refractivity contribution in [3.05, 3.63) is 76.0 Å². The molecule has 0 amide bonds. The number of hydrogen-bond acceptors (Lipinski definition) is 3. The Kier molecular flexibility index (Phi) is 3.80. The molecule has 1 aromatic heterocycles. The van der Waals surface area contributed by atoms with Crippen molar-refractivity contribution in [1.29, 1.82) is 0 Å². The number of ether oxygens (including phenoxy) is 1. The zero-order chi connectivity index (χ0) is 15.6. The summed E-state index contributed by atoms with van der Waals surface area (Å²) in [7, 11) is 0. The minimum atomic E-state index is 0.477. The first-order valence-electron chi connectivity index (χ1n) is 7.93. The summed E-state index contributed by atoms with van der Waals surface area (Å²) in [4.78, 5) is 1.36. The van der Waals surface area contributed by atoms with Crippen molar-refractivity contribution in [2.24, 2.45) is 0 Å². The van der Waals surface area contributed by atoms with Gasteiger partial charge in [0.2, 0.25) is 0 Å². The Morgan fingerprint density at radius 2 is 1.78 bits per heavy atom. The summed E-state index contributed by atoms with van der Waals surface area (Å²) in [6.45, 7) is 2.17. The molecule has 1 N–H and O–H groups in total. The molecule has 1 aliphatic rings. The van der Waals surface area contributed by atoms with Gasteiger partial charge in [-0.25, -0.2) is 0 Å². The predicted molar refractivity (Wildman–Crippen MR) is 96.8 cm³/mol. The maximum atomic E-state index is 5.95. The van der Waals surface area contributed by atoms with E-state index in [1.54, 1.807) is 11.3 Å². The zero-order valence-electron chi connectivity index (χ0n) is 13.1. The van der Waals surface area contributed by atoms with Crippen LogP contribution in [0.4, 0.5) is 5.69 Å². The summed E-state index contributed by atoms with van der Waals surface area (Å²) in [6, 6.07) is 19.1. The minimum absolute atomic E-state index is 0.477. The van der Waals surface area contributed by atoms with E-state index in [1.165, 1.54) is 21.7 Å². The maximum absolute atomic E-state index is 5.95. The van der Waals surface area contributed by atoms with E-state index in [4.69, 9.17) is 4.74 Å². The quantitative estimate of drug-likeness (QED) is 0.692. The Bertz CT molecular complexity index is 810. The predicted octanol–water partition coefficient (Wildman–Crippen LogP) is 5.43. The number of fused-ring (bicyclic) bond motifs is 1. The Balaban J connectivity index is 1.48. The molecule has 0 saturated carbocycles. The second-order valence-corrected chi connectivity index (χ2v) is 7.11. The van der Waals surface area contributed by atoms with E-state index in [-0.39, 0.29) is 0 Å². The molecule has 0 aliphatic heterocycles. The Morgan fingerprint density at radius 1 is 0.957 bits per heavy atom. The van der Waals surface area contributed by atoms with Gasteiger partial charge in [-0.05, 0) is 66.6 Å². The second kappa shape index (κ2) is 6.09. The summed E-state index contributed by atoms with van der Waals surface area (Å²) >= 11 is 1.79. The molecular formula is C20H19NOS. The first kappa shape index (κ1) is 14.3. The first-order chi connectivity index (χ1) is 11.3. The van der Waals surface area contributed by atoms with Crippen molar-refractivity contribution in [1.82, 2.24) is 0 Å². The standard InChI is InChI=1S/C20H19NOS/c1-14-20(9-10-23-14)21-17-11-15-7-8-19(13-16(15)12-17)22-18-5-3-2-4-6-18/h2-10,13,17,21H,11-12H2,1H3. The lowest BCUT2D eigenvalue weighted by Gasteiger charge is -2.12. The molecule has 1 heterocycles. The van der Waals surface area contributed by atoms with Crippen molar-refractivity contribution in [3.63, 3.8) is 0 Å². The molecule has 3 aromatic rings. The molecule has 3 heteroatoms. The molecule has 0 saturated heterocycles. The highest BCUT2D eigenvalue weighted by Crippen LogP contribution is 2.31. The third-order valence-electron chi connectivity index (χ3n) is 4.31. The number of aryl methyl sites for hydroxylation is 1. The average molecular weight is 321 g/mol. The first-order valence-corrected chi connectivity index (χ1v) is 8.81. The molecule has 0 radical (unpaired) electrons. The summed E-state index contributed by atoms with van der Waals surface area (Å²) in [6.07, 6.45) is 2.13. The van der Waals surface area contributed by atoms with Crippen LogP contribution >= 0.6 is 11.3 Å². The van der Waals surface area contributed by atoms with E-state index in [0.29, 0.717) is 6.04 Å². The van der Waals surface area contributed by atoms with Gasteiger partial charge >= 0.3 is 0 Å². The van der Waals surface area contributed by atoms with Crippen LogP contribution in [0.25, 0.3) is 0 Å². The van der Waals surface area contributed by atoms with Crippen molar-refractivity contribution >= 4 is 17.0 Å². The summed E-state index contributed by atoms with van der Waals surface area (Å²) in [5.74, 6) is 1.80. The van der Waals surface area contributed by atoms with Gasteiger partial charge in [0, 0.05) is 16.6 Å². The molecule has 1 atom stereocenters. The molecule has 1 aliphatic carbocycles. The molecule has 0 bridgehead atoms. The van der Waals surface area contributed by atoms with Gasteiger partial charge in [-0.2, -0.15) is 0 Å². The number of rotatable bonds is 4. The Labute approximate surface area is 140 Å². The van der Waals surface area contributed by atoms with Crippen LogP contribution in [-0.2, 0) is 12.8 Å². The largest absolute Gasteiger partial charge is 0.457 e. The Morgan fingerprint density at radius 3 is 2.57 bits per heavy atom. The van der Waals surface area contributed by atoms with Crippen molar-refractivity contribution in [3.8, 4) is 11.5 Å². The molecule has 116 valence electrons. The summed E-state index contributed by atoms with van der Waals surface area (Å²) < 4.78 is 5.95. The average Bonchev–Trinajstić information content (AvgIpc) is 3.14. The number of anilines is 1. The van der Waals surface area contributed by atoms with Gasteiger partial charge in [-0.15, -0.1) is 11.3 Å². The minimum Gasteiger partial charge on any atom is -0.457 e. The highest BCUT2D eigenvalue weighted by molar-refractivity contribution is 7.10. The van der Waals surface area contributed by atoms with Crippen molar-refractivity contribution in [2.45, 2.75) is 25.8 Å². The Hall–Kier alpha value is -2.26. The number of nitrogens with one attached hydrogen (secondary N) is 1. The van der Waals surface area contributed by atoms with Gasteiger partial charge in [0.15, 0.2) is 0 Å². The molecule has 4 rings (SSSR count). The lowest BCUT2D eigenvalue weighted by molar-refractivity contribution is 0.482. The van der Waals surface area contributed by atoms with Crippen LogP contribution in [0, 0.1) is 6.92 Å². The second-order valence-electron chi connectivity index (χ2n) is 5.99. The van der Waals surface area contributed by atoms with Crippen LogP contribution in [0.1, 0.15) is 16.0 Å². The third kappa shape index (κ3) is 3.10. The SMILES string of the molecule is Cc1sccc1NC1Cc2ccc(Oc3ccccc3)cc2C1. The van der Waals surface area contributed by atoms with Gasteiger partial charge in [0.25, 0.3) is 0 Å². The number of para-hydroxylation sites is 1. The smallest absolute Gasteiger partial charge is 0.127 e. The van der Waals surface area contributed by atoms with Gasteiger partial charge in [-0.3, -0.25) is 0 Å². The van der Waals surface area contributed by atoms with E-state index < -0.39 is 0 Å². The fourth-order valence-corrected chi connectivity index (χ4v) is 3.80. The molecule has 23 heavy (non-hydrogen) atoms. The molecule has 2 nitrogen and oxygen atoms in total. The lowest BCUT2D eigenvalue weighted by atomic mass is 10.1. The fraction of sp³-hybridized carbons (Fsp3) is 0.200. The van der Waals surface area contributed by atoms with Crippen molar-refractivity contribution < 1.29 is 4.74 Å². The van der Waals surface area contributed by atoms with Crippen molar-refractivity contribution in [2.75, 3.05) is 5.32 Å². The highest BCUT2D eigenvalue weighted by atomic mass is 32.1. The molecule has 1 unspecified atom stereocenters. The van der Waals surface area contributed by atoms with Crippen LogP contribution in [-0.4, -0.2) is 6.04 Å². The van der Waals surface area contributed by atoms with Crippen LogP contribution in [0.5, 0.6) is 11.5 Å². The van der Waals surface area contributed by atoms with E-state index in [0.717, 1.165) is 24.3 Å². The fourth-order valence-electron chi connectivity index (χ4n) is 3.14. The highest BCUT2D eigenvalue weighted by Gasteiger charge is 2.22. The molecule has 2 aromatic carbocycles. The zero-order valence-corrected chi connectivity index (χ0v) is 13.9.